The first-order chi connectivity index (χ1) is 13.5. The van der Waals surface area contributed by atoms with Gasteiger partial charge in [-0.15, -0.1) is 0 Å². The van der Waals surface area contributed by atoms with Crippen molar-refractivity contribution in [2.45, 2.75) is 12.5 Å². The topological polar surface area (TPSA) is 87.7 Å². The Hall–Kier alpha value is -2.77. The van der Waals surface area contributed by atoms with E-state index < -0.39 is 5.97 Å². The molecule has 3 heterocycles. The molecule has 0 aliphatic carbocycles. The molecule has 1 unspecified atom stereocenters. The second-order valence-corrected chi connectivity index (χ2v) is 7.11. The van der Waals surface area contributed by atoms with Crippen LogP contribution in [0.25, 0.3) is 22.0 Å². The van der Waals surface area contributed by atoms with E-state index in [0.29, 0.717) is 32.9 Å². The molecule has 1 atom stereocenters. The molecule has 1 aromatic carbocycles. The predicted molar refractivity (Wildman–Crippen MR) is 108 cm³/mol. The van der Waals surface area contributed by atoms with Gasteiger partial charge in [0.2, 0.25) is 5.88 Å². The van der Waals surface area contributed by atoms with Gasteiger partial charge in [0, 0.05) is 48.4 Å². The van der Waals surface area contributed by atoms with E-state index in [9.17, 15) is 9.90 Å². The van der Waals surface area contributed by atoms with E-state index in [4.69, 9.17) is 21.1 Å². The summed E-state index contributed by atoms with van der Waals surface area (Å²) in [5.74, 6) is 0.249. The van der Waals surface area contributed by atoms with Gasteiger partial charge in [-0.05, 0) is 30.7 Å². The van der Waals surface area contributed by atoms with Gasteiger partial charge in [0.1, 0.15) is 5.82 Å². The van der Waals surface area contributed by atoms with Crippen LogP contribution in [0.1, 0.15) is 16.8 Å². The minimum Gasteiger partial charge on any atom is -0.480 e. The van der Waals surface area contributed by atoms with E-state index in [1.54, 1.807) is 26.4 Å². The second kappa shape index (κ2) is 7.33. The smallest absolute Gasteiger partial charge is 0.337 e. The number of anilines is 1. The summed E-state index contributed by atoms with van der Waals surface area (Å²) in [6.45, 7) is 1.65. The summed E-state index contributed by atoms with van der Waals surface area (Å²) in [6, 6.07) is 7.30. The van der Waals surface area contributed by atoms with E-state index >= 15 is 0 Å². The summed E-state index contributed by atoms with van der Waals surface area (Å²) in [6.07, 6.45) is 2.62. The number of nitrogens with zero attached hydrogens (tertiary/aromatic N) is 2. The molecule has 0 amide bonds. The highest BCUT2D eigenvalue weighted by Crippen LogP contribution is 2.38. The normalized spacial score (nSPS) is 16.7. The number of H-pyrrole nitrogens is 1. The molecule has 4 rings (SSSR count). The summed E-state index contributed by atoms with van der Waals surface area (Å²) in [5, 5.41) is 10.5. The highest BCUT2D eigenvalue weighted by Gasteiger charge is 2.24. The first kappa shape index (κ1) is 18.6. The first-order valence-electron chi connectivity index (χ1n) is 8.89. The third-order valence-corrected chi connectivity index (χ3v) is 5.44. The summed E-state index contributed by atoms with van der Waals surface area (Å²) in [7, 11) is 3.28. The number of fused-ring (bicyclic) bond motifs is 1. The van der Waals surface area contributed by atoms with Gasteiger partial charge < -0.3 is 24.5 Å². The Labute approximate surface area is 166 Å². The molecule has 1 saturated heterocycles. The Kier molecular flexibility index (Phi) is 4.87. The number of carboxylic acids is 1. The maximum Gasteiger partial charge on any atom is 0.337 e. The molecule has 28 heavy (non-hydrogen) atoms. The van der Waals surface area contributed by atoms with Gasteiger partial charge in [0.15, 0.2) is 0 Å². The molecule has 2 N–H and O–H groups in total. The lowest BCUT2D eigenvalue weighted by Crippen LogP contribution is -2.23. The van der Waals surface area contributed by atoms with Crippen molar-refractivity contribution in [2.75, 3.05) is 32.2 Å². The lowest BCUT2D eigenvalue weighted by Gasteiger charge is -2.19. The monoisotopic (exact) mass is 401 g/mol. The van der Waals surface area contributed by atoms with Crippen LogP contribution in [0.15, 0.2) is 30.5 Å². The zero-order chi connectivity index (χ0) is 19.8. The largest absolute Gasteiger partial charge is 0.480 e. The number of hydrogen-bond donors (Lipinski definition) is 2. The number of aromatic carboxylic acids is 1. The zero-order valence-electron chi connectivity index (χ0n) is 15.5. The lowest BCUT2D eigenvalue weighted by molar-refractivity contribution is 0.0699. The van der Waals surface area contributed by atoms with Crippen molar-refractivity contribution in [1.82, 2.24) is 9.97 Å². The molecule has 2 aromatic heterocycles. The number of rotatable bonds is 5. The van der Waals surface area contributed by atoms with Crippen molar-refractivity contribution in [3.63, 3.8) is 0 Å². The maximum atomic E-state index is 11.5. The number of aromatic nitrogens is 2. The zero-order valence-corrected chi connectivity index (χ0v) is 16.3. The second-order valence-electron chi connectivity index (χ2n) is 6.70. The molecule has 1 aliphatic heterocycles. The molecule has 1 fully saturated rings. The van der Waals surface area contributed by atoms with Crippen molar-refractivity contribution in [3.8, 4) is 17.0 Å². The van der Waals surface area contributed by atoms with Crippen molar-refractivity contribution in [2.24, 2.45) is 0 Å². The van der Waals surface area contributed by atoms with Gasteiger partial charge in [-0.25, -0.2) is 4.79 Å². The number of nitrogens with one attached hydrogen (secondary N) is 1. The van der Waals surface area contributed by atoms with Crippen molar-refractivity contribution < 1.29 is 19.4 Å². The third-order valence-electron chi connectivity index (χ3n) is 5.13. The number of carbonyl (C=O) groups is 1. The fourth-order valence-corrected chi connectivity index (χ4v) is 3.89. The van der Waals surface area contributed by atoms with E-state index in [1.807, 2.05) is 12.1 Å². The predicted octanol–water partition coefficient (Wildman–Crippen LogP) is 3.82. The Bertz CT molecular complexity index is 1050. The van der Waals surface area contributed by atoms with Gasteiger partial charge in [0.05, 0.1) is 23.8 Å². The molecule has 0 spiro atoms. The molecule has 0 radical (unpaired) electrons. The van der Waals surface area contributed by atoms with Crippen LogP contribution in [0.3, 0.4) is 0 Å². The number of methoxy groups -OCH3 is 2. The number of halogens is 1. The summed E-state index contributed by atoms with van der Waals surface area (Å²) in [5.41, 5.74) is 2.23. The molecule has 1 aliphatic rings. The van der Waals surface area contributed by atoms with Crippen LogP contribution in [0.2, 0.25) is 5.02 Å². The minimum absolute atomic E-state index is 0.194. The molecule has 0 saturated carbocycles. The van der Waals surface area contributed by atoms with Crippen LogP contribution < -0.4 is 9.64 Å². The van der Waals surface area contributed by atoms with Gasteiger partial charge in [0.25, 0.3) is 0 Å². The van der Waals surface area contributed by atoms with Crippen LogP contribution in [-0.4, -0.2) is 54.5 Å². The first-order valence-corrected chi connectivity index (χ1v) is 9.26. The Morgan fingerprint density at radius 1 is 1.32 bits per heavy atom. The minimum atomic E-state index is -0.998. The highest BCUT2D eigenvalue weighted by atomic mass is 35.5. The Morgan fingerprint density at radius 2 is 2.14 bits per heavy atom. The molecular weight excluding hydrogens is 382 g/mol. The van der Waals surface area contributed by atoms with E-state index in [-0.39, 0.29) is 11.7 Å². The number of aromatic amines is 1. The summed E-state index contributed by atoms with van der Waals surface area (Å²) < 4.78 is 11.0. The van der Waals surface area contributed by atoms with Crippen molar-refractivity contribution >= 4 is 34.3 Å². The molecule has 146 valence electrons. The van der Waals surface area contributed by atoms with Crippen molar-refractivity contribution in [3.05, 3.63) is 41.0 Å². The van der Waals surface area contributed by atoms with Gasteiger partial charge in [-0.1, -0.05) is 11.6 Å². The highest BCUT2D eigenvalue weighted by molar-refractivity contribution is 6.34. The maximum absolute atomic E-state index is 11.5. The number of ether oxygens (including phenoxy) is 2. The van der Waals surface area contributed by atoms with E-state index in [0.717, 1.165) is 25.3 Å². The average Bonchev–Trinajstić information content (AvgIpc) is 3.33. The SMILES string of the molecule is COc1nc(N2CCC(OC)C2)ccc1-c1cc2c(C(=O)O)c[nH]c2cc1Cl. The van der Waals surface area contributed by atoms with Crippen LogP contribution in [0, 0.1) is 0 Å². The van der Waals surface area contributed by atoms with Crippen LogP contribution in [-0.2, 0) is 4.74 Å². The molecule has 7 nitrogen and oxygen atoms in total. The molecular formula is C20H20ClN3O4. The van der Waals surface area contributed by atoms with E-state index in [1.165, 1.54) is 6.20 Å². The number of carboxylic acid groups (broad SMARTS) is 1. The average molecular weight is 402 g/mol. The third kappa shape index (κ3) is 3.16. The Morgan fingerprint density at radius 3 is 2.82 bits per heavy atom. The van der Waals surface area contributed by atoms with Gasteiger partial charge >= 0.3 is 5.97 Å². The van der Waals surface area contributed by atoms with Gasteiger partial charge in [-0.2, -0.15) is 4.98 Å². The van der Waals surface area contributed by atoms with Crippen LogP contribution in [0.4, 0.5) is 5.82 Å². The quantitative estimate of drug-likeness (QED) is 0.675. The lowest BCUT2D eigenvalue weighted by atomic mass is 10.0. The fraction of sp³-hybridized carbons (Fsp3) is 0.300. The number of pyridine rings is 1. The van der Waals surface area contributed by atoms with Crippen molar-refractivity contribution in [1.29, 1.82) is 0 Å². The fourth-order valence-electron chi connectivity index (χ4n) is 3.62. The molecule has 3 aromatic rings. The molecule has 8 heteroatoms. The summed E-state index contributed by atoms with van der Waals surface area (Å²) in [4.78, 5) is 21.2. The summed E-state index contributed by atoms with van der Waals surface area (Å²) >= 11 is 6.48. The number of benzene rings is 1. The van der Waals surface area contributed by atoms with Crippen LogP contribution in [0.5, 0.6) is 5.88 Å². The number of hydrogen-bond acceptors (Lipinski definition) is 5. The Balaban J connectivity index is 1.77. The van der Waals surface area contributed by atoms with Gasteiger partial charge in [-0.3, -0.25) is 0 Å². The van der Waals surface area contributed by atoms with E-state index in [2.05, 4.69) is 14.9 Å². The van der Waals surface area contributed by atoms with Crippen LogP contribution >= 0.6 is 11.6 Å². The standard InChI is InChI=1S/C20H20ClN3O4/c1-27-11-5-6-24(10-11)18-4-3-12(19(23-18)28-2)13-7-14-15(20(25)26)9-22-17(14)8-16(13)21/h3-4,7-9,11,22H,5-6,10H2,1-2H3,(H,25,26). The molecule has 0 bridgehead atoms.